The molecule has 7 heteroatoms. The molecule has 0 radical (unpaired) electrons. The molecule has 0 bridgehead atoms. The van der Waals surface area contributed by atoms with E-state index in [1.807, 2.05) is 0 Å². The van der Waals surface area contributed by atoms with Crippen molar-refractivity contribution < 1.29 is 8.42 Å². The van der Waals surface area contributed by atoms with Crippen molar-refractivity contribution in [2.24, 2.45) is 0 Å². The Morgan fingerprint density at radius 3 is 2.84 bits per heavy atom. The maximum atomic E-state index is 12.2. The third-order valence-electron chi connectivity index (χ3n) is 3.13. The van der Waals surface area contributed by atoms with E-state index in [1.165, 1.54) is 6.42 Å². The van der Waals surface area contributed by atoms with Gasteiger partial charge < -0.3 is 5.32 Å². The van der Waals surface area contributed by atoms with Crippen LogP contribution < -0.4 is 10.0 Å². The van der Waals surface area contributed by atoms with Crippen LogP contribution in [-0.4, -0.2) is 27.5 Å². The van der Waals surface area contributed by atoms with Crippen molar-refractivity contribution in [2.45, 2.75) is 30.2 Å². The van der Waals surface area contributed by atoms with Crippen LogP contribution in [0.15, 0.2) is 32.0 Å². The summed E-state index contributed by atoms with van der Waals surface area (Å²) < 4.78 is 28.4. The van der Waals surface area contributed by atoms with E-state index in [-0.39, 0.29) is 4.90 Å². The van der Waals surface area contributed by atoms with Crippen molar-refractivity contribution in [3.63, 3.8) is 0 Å². The summed E-state index contributed by atoms with van der Waals surface area (Å²) in [6.45, 7) is 1.49. The third kappa shape index (κ3) is 4.26. The minimum absolute atomic E-state index is 0.265. The number of sulfonamides is 1. The molecule has 0 aliphatic carbocycles. The SMILES string of the molecule is O=S(=O)(NCC[C@@H]1CCCN1)c1cc(Br)ccc1Br. The second-order valence-electron chi connectivity index (χ2n) is 4.55. The lowest BCUT2D eigenvalue weighted by molar-refractivity contribution is 0.539. The fourth-order valence-electron chi connectivity index (χ4n) is 2.13. The molecule has 0 spiro atoms. The molecule has 1 aromatic rings. The minimum Gasteiger partial charge on any atom is -0.314 e. The van der Waals surface area contributed by atoms with E-state index in [4.69, 9.17) is 0 Å². The lowest BCUT2D eigenvalue weighted by Crippen LogP contribution is -2.30. The normalized spacial score (nSPS) is 19.8. The number of rotatable bonds is 5. The summed E-state index contributed by atoms with van der Waals surface area (Å²) in [6.07, 6.45) is 3.13. The largest absolute Gasteiger partial charge is 0.314 e. The molecule has 1 aromatic carbocycles. The van der Waals surface area contributed by atoms with Gasteiger partial charge >= 0.3 is 0 Å². The van der Waals surface area contributed by atoms with E-state index in [0.29, 0.717) is 17.1 Å². The molecule has 0 amide bonds. The second-order valence-corrected chi connectivity index (χ2v) is 8.06. The first kappa shape index (κ1) is 15.4. The molecule has 2 rings (SSSR count). The Labute approximate surface area is 130 Å². The van der Waals surface area contributed by atoms with E-state index in [2.05, 4.69) is 41.9 Å². The highest BCUT2D eigenvalue weighted by Gasteiger charge is 2.19. The Bertz CT molecular complexity index is 543. The van der Waals surface area contributed by atoms with Crippen molar-refractivity contribution in [3.05, 3.63) is 27.1 Å². The molecule has 1 heterocycles. The second kappa shape index (κ2) is 6.67. The van der Waals surface area contributed by atoms with E-state index in [0.717, 1.165) is 23.9 Å². The molecule has 19 heavy (non-hydrogen) atoms. The fourth-order valence-corrected chi connectivity index (χ4v) is 4.68. The molecule has 1 saturated heterocycles. The first-order chi connectivity index (χ1) is 8.99. The van der Waals surface area contributed by atoms with Gasteiger partial charge in [0.15, 0.2) is 0 Å². The number of benzene rings is 1. The van der Waals surface area contributed by atoms with E-state index in [1.54, 1.807) is 18.2 Å². The molecule has 1 fully saturated rings. The zero-order valence-electron chi connectivity index (χ0n) is 10.3. The average molecular weight is 412 g/mol. The van der Waals surface area contributed by atoms with E-state index >= 15 is 0 Å². The molecule has 0 aromatic heterocycles. The predicted molar refractivity (Wildman–Crippen MR) is 82.7 cm³/mol. The fraction of sp³-hybridized carbons (Fsp3) is 0.500. The molecular formula is C12H16Br2N2O2S. The maximum Gasteiger partial charge on any atom is 0.241 e. The summed E-state index contributed by atoms with van der Waals surface area (Å²) in [6, 6.07) is 5.55. The Morgan fingerprint density at radius 2 is 2.16 bits per heavy atom. The van der Waals surface area contributed by atoms with Crippen LogP contribution in [0.1, 0.15) is 19.3 Å². The van der Waals surface area contributed by atoms with Gasteiger partial charge in [0.25, 0.3) is 0 Å². The molecule has 1 atom stereocenters. The first-order valence-electron chi connectivity index (χ1n) is 6.17. The molecule has 106 valence electrons. The van der Waals surface area contributed by atoms with Crippen LogP contribution in [0.2, 0.25) is 0 Å². The van der Waals surface area contributed by atoms with Crippen LogP contribution >= 0.6 is 31.9 Å². The summed E-state index contributed by atoms with van der Waals surface area (Å²) in [5, 5.41) is 3.35. The number of halogens is 2. The number of nitrogens with one attached hydrogen (secondary N) is 2. The molecular weight excluding hydrogens is 396 g/mol. The van der Waals surface area contributed by atoms with Crippen LogP contribution in [0.3, 0.4) is 0 Å². The van der Waals surface area contributed by atoms with Gasteiger partial charge in [-0.1, -0.05) is 15.9 Å². The highest BCUT2D eigenvalue weighted by molar-refractivity contribution is 9.11. The van der Waals surface area contributed by atoms with Crippen LogP contribution in [0.25, 0.3) is 0 Å². The Kier molecular flexibility index (Phi) is 5.42. The number of hydrogen-bond acceptors (Lipinski definition) is 3. The maximum absolute atomic E-state index is 12.2. The zero-order valence-corrected chi connectivity index (χ0v) is 14.3. The van der Waals surface area contributed by atoms with Crippen molar-refractivity contribution in [1.82, 2.24) is 10.0 Å². The van der Waals surface area contributed by atoms with Crippen molar-refractivity contribution in [1.29, 1.82) is 0 Å². The molecule has 0 unspecified atom stereocenters. The van der Waals surface area contributed by atoms with Crippen molar-refractivity contribution in [2.75, 3.05) is 13.1 Å². The highest BCUT2D eigenvalue weighted by atomic mass is 79.9. The summed E-state index contributed by atoms with van der Waals surface area (Å²) in [5.74, 6) is 0. The van der Waals surface area contributed by atoms with Crippen molar-refractivity contribution in [3.8, 4) is 0 Å². The Hall–Kier alpha value is 0.0500. The summed E-state index contributed by atoms with van der Waals surface area (Å²) in [5.41, 5.74) is 0. The minimum atomic E-state index is -3.46. The van der Waals surface area contributed by atoms with Crippen LogP contribution in [0, 0.1) is 0 Å². The summed E-state index contributed by atoms with van der Waals surface area (Å²) >= 11 is 6.56. The molecule has 0 saturated carbocycles. The molecule has 2 N–H and O–H groups in total. The predicted octanol–water partition coefficient (Wildman–Crippen LogP) is 2.63. The summed E-state index contributed by atoms with van der Waals surface area (Å²) in [7, 11) is -3.46. The van der Waals surface area contributed by atoms with E-state index < -0.39 is 10.0 Å². The third-order valence-corrected chi connectivity index (χ3v) is 6.08. The average Bonchev–Trinajstić information content (AvgIpc) is 2.85. The van der Waals surface area contributed by atoms with Gasteiger partial charge in [-0.15, -0.1) is 0 Å². The van der Waals surface area contributed by atoms with Crippen LogP contribution in [-0.2, 0) is 10.0 Å². The van der Waals surface area contributed by atoms with Gasteiger partial charge in [-0.05, 0) is 59.9 Å². The van der Waals surface area contributed by atoms with Gasteiger partial charge in [0, 0.05) is 21.5 Å². The van der Waals surface area contributed by atoms with Crippen LogP contribution in [0.4, 0.5) is 0 Å². The van der Waals surface area contributed by atoms with Gasteiger partial charge in [0.05, 0.1) is 4.90 Å². The lowest BCUT2D eigenvalue weighted by atomic mass is 10.2. The topological polar surface area (TPSA) is 58.2 Å². The quantitative estimate of drug-likeness (QED) is 0.782. The Balaban J connectivity index is 1.99. The highest BCUT2D eigenvalue weighted by Crippen LogP contribution is 2.25. The van der Waals surface area contributed by atoms with Gasteiger partial charge in [0.2, 0.25) is 10.0 Å². The monoisotopic (exact) mass is 410 g/mol. The number of hydrogen-bond donors (Lipinski definition) is 2. The first-order valence-corrected chi connectivity index (χ1v) is 9.24. The van der Waals surface area contributed by atoms with Crippen molar-refractivity contribution >= 4 is 41.9 Å². The van der Waals surface area contributed by atoms with Gasteiger partial charge in [0.1, 0.15) is 0 Å². The smallest absolute Gasteiger partial charge is 0.241 e. The molecule has 1 aliphatic heterocycles. The standard InChI is InChI=1S/C12H16Br2N2O2S/c13-9-3-4-11(14)12(8-9)19(17,18)16-7-5-10-2-1-6-15-10/h3-4,8,10,15-16H,1-2,5-7H2/t10-/m0/s1. The van der Waals surface area contributed by atoms with Crippen LogP contribution in [0.5, 0.6) is 0 Å². The van der Waals surface area contributed by atoms with Gasteiger partial charge in [-0.3, -0.25) is 0 Å². The van der Waals surface area contributed by atoms with Gasteiger partial charge in [-0.25, -0.2) is 13.1 Å². The lowest BCUT2D eigenvalue weighted by Gasteiger charge is -2.12. The summed E-state index contributed by atoms with van der Waals surface area (Å²) in [4.78, 5) is 0.265. The van der Waals surface area contributed by atoms with Gasteiger partial charge in [-0.2, -0.15) is 0 Å². The van der Waals surface area contributed by atoms with E-state index in [9.17, 15) is 8.42 Å². The molecule has 1 aliphatic rings. The molecule has 4 nitrogen and oxygen atoms in total. The zero-order chi connectivity index (χ0) is 13.9. The Morgan fingerprint density at radius 1 is 1.37 bits per heavy atom.